The number of ether oxygens (including phenoxy) is 1. The Kier molecular flexibility index (Phi) is 7.62. The lowest BCUT2D eigenvalue weighted by molar-refractivity contribution is -0.0300. The van der Waals surface area contributed by atoms with Crippen LogP contribution in [0.5, 0.6) is 0 Å². The number of nitrogens with one attached hydrogen (secondary N) is 1. The van der Waals surface area contributed by atoms with E-state index in [9.17, 15) is 8.42 Å². The second-order valence-electron chi connectivity index (χ2n) is 7.22. The monoisotopic (exact) mass is 402 g/mol. The molecule has 1 atom stereocenters. The fourth-order valence-electron chi connectivity index (χ4n) is 3.49. The predicted octanol–water partition coefficient (Wildman–Crippen LogP) is 3.38. The Hall–Kier alpha value is -1.73. The van der Waals surface area contributed by atoms with Gasteiger partial charge in [0, 0.05) is 19.6 Å². The normalized spacial score (nSPS) is 18.2. The van der Waals surface area contributed by atoms with E-state index in [1.165, 1.54) is 11.1 Å². The van der Waals surface area contributed by atoms with Crippen LogP contribution in [0.1, 0.15) is 37.0 Å². The van der Waals surface area contributed by atoms with Gasteiger partial charge in [-0.3, -0.25) is 4.90 Å². The number of morpholine rings is 1. The van der Waals surface area contributed by atoms with Crippen molar-refractivity contribution in [3.8, 4) is 0 Å². The van der Waals surface area contributed by atoms with Crippen molar-refractivity contribution in [2.75, 3.05) is 32.8 Å². The van der Waals surface area contributed by atoms with Crippen LogP contribution in [-0.2, 0) is 21.2 Å². The van der Waals surface area contributed by atoms with Gasteiger partial charge in [-0.1, -0.05) is 55.8 Å². The molecule has 0 amide bonds. The molecular weight excluding hydrogens is 372 g/mol. The van der Waals surface area contributed by atoms with E-state index in [2.05, 4.69) is 28.7 Å². The molecular formula is C22H30N2O3S. The summed E-state index contributed by atoms with van der Waals surface area (Å²) in [5, 5.41) is 0. The number of hydrogen-bond donors (Lipinski definition) is 1. The number of rotatable bonds is 9. The summed E-state index contributed by atoms with van der Waals surface area (Å²) in [6.45, 7) is 5.83. The minimum atomic E-state index is -3.44. The van der Waals surface area contributed by atoms with Gasteiger partial charge in [-0.25, -0.2) is 13.1 Å². The van der Waals surface area contributed by atoms with Crippen molar-refractivity contribution in [3.05, 3.63) is 65.7 Å². The first-order chi connectivity index (χ1) is 13.6. The topological polar surface area (TPSA) is 58.6 Å². The zero-order chi connectivity index (χ0) is 19.8. The van der Waals surface area contributed by atoms with E-state index in [0.717, 1.165) is 38.9 Å². The third-order valence-corrected chi connectivity index (χ3v) is 6.51. The standard InChI is InChI=1S/C22H30N2O3S/c1-2-7-19-10-12-21(13-11-19)28(25,26)23-14-6-15-24-16-17-27-22(18-24)20-8-4-3-5-9-20/h3-5,8-13,22-23H,2,6-7,14-18H2,1H3/t22-/m0/s1. The number of aryl methyl sites for hydroxylation is 1. The summed E-state index contributed by atoms with van der Waals surface area (Å²) in [5.41, 5.74) is 2.36. The highest BCUT2D eigenvalue weighted by Crippen LogP contribution is 2.21. The molecule has 3 rings (SSSR count). The SMILES string of the molecule is CCCc1ccc(S(=O)(=O)NCCCN2CCO[C@H](c3ccccc3)C2)cc1. The van der Waals surface area contributed by atoms with Crippen molar-refractivity contribution in [1.29, 1.82) is 0 Å². The second kappa shape index (κ2) is 10.2. The molecule has 1 fully saturated rings. The van der Waals surface area contributed by atoms with Gasteiger partial charge < -0.3 is 4.74 Å². The Morgan fingerprint density at radius 2 is 1.86 bits per heavy atom. The van der Waals surface area contributed by atoms with Crippen molar-refractivity contribution >= 4 is 10.0 Å². The van der Waals surface area contributed by atoms with Gasteiger partial charge in [0.25, 0.3) is 0 Å². The molecule has 0 unspecified atom stereocenters. The zero-order valence-corrected chi connectivity index (χ0v) is 17.3. The first-order valence-electron chi connectivity index (χ1n) is 10.1. The molecule has 5 nitrogen and oxygen atoms in total. The highest BCUT2D eigenvalue weighted by molar-refractivity contribution is 7.89. The van der Waals surface area contributed by atoms with E-state index in [1.54, 1.807) is 12.1 Å². The molecule has 1 aliphatic heterocycles. The number of sulfonamides is 1. The van der Waals surface area contributed by atoms with Gasteiger partial charge in [-0.2, -0.15) is 0 Å². The fourth-order valence-corrected chi connectivity index (χ4v) is 4.57. The molecule has 0 saturated carbocycles. The van der Waals surface area contributed by atoms with E-state index >= 15 is 0 Å². The average molecular weight is 403 g/mol. The predicted molar refractivity (Wildman–Crippen MR) is 112 cm³/mol. The molecule has 1 heterocycles. The summed E-state index contributed by atoms with van der Waals surface area (Å²) in [6, 6.07) is 17.4. The third-order valence-electron chi connectivity index (χ3n) is 5.04. The van der Waals surface area contributed by atoms with Crippen LogP contribution in [0.4, 0.5) is 0 Å². The van der Waals surface area contributed by atoms with Crippen LogP contribution >= 0.6 is 0 Å². The molecule has 0 bridgehead atoms. The molecule has 2 aromatic carbocycles. The highest BCUT2D eigenvalue weighted by atomic mass is 32.2. The van der Waals surface area contributed by atoms with Crippen molar-refractivity contribution in [2.45, 2.75) is 37.2 Å². The lowest BCUT2D eigenvalue weighted by Gasteiger charge is -2.33. The van der Waals surface area contributed by atoms with Crippen LogP contribution in [0.2, 0.25) is 0 Å². The first kappa shape index (κ1) is 21.0. The summed E-state index contributed by atoms with van der Waals surface area (Å²) in [4.78, 5) is 2.68. The van der Waals surface area contributed by atoms with Gasteiger partial charge in [0.1, 0.15) is 0 Å². The van der Waals surface area contributed by atoms with Crippen molar-refractivity contribution in [2.24, 2.45) is 0 Å². The largest absolute Gasteiger partial charge is 0.371 e. The summed E-state index contributed by atoms with van der Waals surface area (Å²) < 4.78 is 33.5. The first-order valence-corrected chi connectivity index (χ1v) is 11.5. The Morgan fingerprint density at radius 3 is 2.57 bits per heavy atom. The molecule has 1 aliphatic rings. The van der Waals surface area contributed by atoms with Gasteiger partial charge in [0.2, 0.25) is 10.0 Å². The summed E-state index contributed by atoms with van der Waals surface area (Å²) >= 11 is 0. The maximum absolute atomic E-state index is 12.4. The number of benzene rings is 2. The quantitative estimate of drug-likeness (QED) is 0.653. The lowest BCUT2D eigenvalue weighted by Crippen LogP contribution is -2.39. The van der Waals surface area contributed by atoms with Gasteiger partial charge in [-0.05, 0) is 42.6 Å². The van der Waals surface area contributed by atoms with E-state index in [4.69, 9.17) is 4.74 Å². The van der Waals surface area contributed by atoms with Crippen LogP contribution < -0.4 is 4.72 Å². The summed E-state index contributed by atoms with van der Waals surface area (Å²) in [7, 11) is -3.44. The highest BCUT2D eigenvalue weighted by Gasteiger charge is 2.21. The van der Waals surface area contributed by atoms with Crippen LogP contribution in [0.25, 0.3) is 0 Å². The van der Waals surface area contributed by atoms with E-state index < -0.39 is 10.0 Å². The Bertz CT molecular complexity index is 823. The Balaban J connectivity index is 1.44. The smallest absolute Gasteiger partial charge is 0.240 e. The molecule has 2 aromatic rings. The summed E-state index contributed by atoms with van der Waals surface area (Å²) in [5.74, 6) is 0. The molecule has 0 aliphatic carbocycles. The van der Waals surface area contributed by atoms with Crippen molar-refractivity contribution in [1.82, 2.24) is 9.62 Å². The molecule has 28 heavy (non-hydrogen) atoms. The van der Waals surface area contributed by atoms with Gasteiger partial charge in [-0.15, -0.1) is 0 Å². The maximum atomic E-state index is 12.4. The third kappa shape index (κ3) is 5.88. The van der Waals surface area contributed by atoms with Crippen LogP contribution in [0, 0.1) is 0 Å². The number of hydrogen-bond acceptors (Lipinski definition) is 4. The summed E-state index contributed by atoms with van der Waals surface area (Å²) in [6.07, 6.45) is 2.89. The van der Waals surface area contributed by atoms with E-state index in [0.29, 0.717) is 18.0 Å². The molecule has 0 radical (unpaired) electrons. The fraction of sp³-hybridized carbons (Fsp3) is 0.455. The Labute approximate surface area is 168 Å². The van der Waals surface area contributed by atoms with Gasteiger partial charge in [0.15, 0.2) is 0 Å². The van der Waals surface area contributed by atoms with Crippen LogP contribution in [0.3, 0.4) is 0 Å². The van der Waals surface area contributed by atoms with E-state index in [-0.39, 0.29) is 6.10 Å². The second-order valence-corrected chi connectivity index (χ2v) is 8.98. The van der Waals surface area contributed by atoms with Gasteiger partial charge in [0.05, 0.1) is 17.6 Å². The maximum Gasteiger partial charge on any atom is 0.240 e. The molecule has 1 N–H and O–H groups in total. The molecule has 0 aromatic heterocycles. The minimum absolute atomic E-state index is 0.0910. The van der Waals surface area contributed by atoms with Crippen molar-refractivity contribution < 1.29 is 13.2 Å². The lowest BCUT2D eigenvalue weighted by atomic mass is 10.1. The molecule has 0 spiro atoms. The van der Waals surface area contributed by atoms with Crippen LogP contribution in [0.15, 0.2) is 59.5 Å². The Morgan fingerprint density at radius 1 is 1.11 bits per heavy atom. The minimum Gasteiger partial charge on any atom is -0.371 e. The average Bonchev–Trinajstić information content (AvgIpc) is 2.73. The molecule has 1 saturated heterocycles. The number of nitrogens with zero attached hydrogens (tertiary/aromatic N) is 1. The van der Waals surface area contributed by atoms with Gasteiger partial charge >= 0.3 is 0 Å². The molecule has 152 valence electrons. The van der Waals surface area contributed by atoms with E-state index in [1.807, 2.05) is 30.3 Å². The molecule has 6 heteroatoms. The zero-order valence-electron chi connectivity index (χ0n) is 16.5. The van der Waals surface area contributed by atoms with Crippen molar-refractivity contribution in [3.63, 3.8) is 0 Å². The van der Waals surface area contributed by atoms with Crippen LogP contribution in [-0.4, -0.2) is 46.1 Å².